The second kappa shape index (κ2) is 13.2. The lowest BCUT2D eigenvalue weighted by atomic mass is 9.92. The van der Waals surface area contributed by atoms with E-state index in [1.165, 1.54) is 12.1 Å². The van der Waals surface area contributed by atoms with E-state index >= 15 is 0 Å². The van der Waals surface area contributed by atoms with Crippen molar-refractivity contribution in [3.05, 3.63) is 93.3 Å². The summed E-state index contributed by atoms with van der Waals surface area (Å²) in [6.45, 7) is 22.3. The van der Waals surface area contributed by atoms with Crippen molar-refractivity contribution in [2.75, 3.05) is 10.7 Å². The fourth-order valence-corrected chi connectivity index (χ4v) is 8.77. The van der Waals surface area contributed by atoms with E-state index in [4.69, 9.17) is 8.85 Å². The molecule has 0 saturated carbocycles. The number of hydrogen-bond acceptors (Lipinski definition) is 4. The van der Waals surface area contributed by atoms with E-state index in [0.717, 1.165) is 26.1 Å². The highest BCUT2D eigenvalue weighted by atomic mass is 127. The molecule has 0 bridgehead atoms. The number of amides is 1. The van der Waals surface area contributed by atoms with Crippen molar-refractivity contribution < 1.29 is 18.0 Å². The molecular weight excluding hydrogens is 717 g/mol. The van der Waals surface area contributed by atoms with Crippen LogP contribution in [-0.2, 0) is 9.22 Å². The molecule has 0 N–H and O–H groups in total. The molecule has 0 spiro atoms. The van der Waals surface area contributed by atoms with E-state index in [0.29, 0.717) is 5.75 Å². The molecule has 3 aromatic rings. The monoisotopic (exact) mass is 763 g/mol. The summed E-state index contributed by atoms with van der Waals surface area (Å²) in [4.78, 5) is 15.8. The minimum atomic E-state index is -2.15. The van der Waals surface area contributed by atoms with Gasteiger partial charge >= 0.3 is 0 Å². The zero-order valence-electron chi connectivity index (χ0n) is 27.7. The van der Waals surface area contributed by atoms with E-state index in [1.54, 1.807) is 11.8 Å². The molecule has 1 aliphatic heterocycles. The van der Waals surface area contributed by atoms with Crippen LogP contribution in [0.1, 0.15) is 64.8 Å². The van der Waals surface area contributed by atoms with E-state index in [2.05, 4.69) is 102 Å². The highest BCUT2D eigenvalue weighted by molar-refractivity contribution is 14.1. The number of benzene rings is 3. The molecule has 4 rings (SSSR count). The smallest absolute Gasteiger partial charge is 0.250 e. The third kappa shape index (κ3) is 7.82. The Kier molecular flexibility index (Phi) is 10.6. The molecule has 1 amide bonds. The van der Waals surface area contributed by atoms with Gasteiger partial charge in [0.15, 0.2) is 8.32 Å². The summed E-state index contributed by atoms with van der Waals surface area (Å²) in [7, 11) is -4.13. The zero-order valence-corrected chi connectivity index (χ0v) is 32.7. The highest BCUT2D eigenvalue weighted by Gasteiger charge is 2.50. The Morgan fingerprint density at radius 2 is 1.39 bits per heavy atom. The van der Waals surface area contributed by atoms with Gasteiger partial charge in [0, 0.05) is 15.0 Å². The number of hydrogen-bond donors (Lipinski definition) is 0. The van der Waals surface area contributed by atoms with Gasteiger partial charge in [0.2, 0.25) is 14.2 Å². The van der Waals surface area contributed by atoms with Gasteiger partial charge in [-0.3, -0.25) is 4.79 Å². The number of thioether (sulfide) groups is 1. The number of halogens is 2. The second-order valence-corrected chi connectivity index (χ2v) is 26.6. The van der Waals surface area contributed by atoms with Gasteiger partial charge in [-0.25, -0.2) is 4.39 Å². The van der Waals surface area contributed by atoms with Crippen LogP contribution < -0.4 is 9.33 Å². The van der Waals surface area contributed by atoms with Crippen molar-refractivity contribution in [3.63, 3.8) is 0 Å². The van der Waals surface area contributed by atoms with Gasteiger partial charge in [0.25, 0.3) is 0 Å². The quantitative estimate of drug-likeness (QED) is 0.117. The first-order valence-electron chi connectivity index (χ1n) is 15.2. The zero-order chi connectivity index (χ0) is 32.7. The molecule has 44 heavy (non-hydrogen) atoms. The van der Waals surface area contributed by atoms with Gasteiger partial charge in [0.1, 0.15) is 16.8 Å². The van der Waals surface area contributed by atoms with Crippen molar-refractivity contribution >= 4 is 62.6 Å². The van der Waals surface area contributed by atoms with Gasteiger partial charge in [0.05, 0.1) is 12.1 Å². The average molecular weight is 764 g/mol. The lowest BCUT2D eigenvalue weighted by Crippen LogP contribution is -2.58. The first-order valence-corrected chi connectivity index (χ1v) is 23.2. The van der Waals surface area contributed by atoms with Crippen LogP contribution in [0, 0.1) is 9.39 Å². The molecule has 1 aliphatic rings. The maximum atomic E-state index is 13.9. The summed E-state index contributed by atoms with van der Waals surface area (Å²) in [5.41, 5.74) is 2.91. The van der Waals surface area contributed by atoms with Crippen LogP contribution in [0.15, 0.2) is 72.8 Å². The molecule has 1 fully saturated rings. The molecule has 9 heteroatoms. The van der Waals surface area contributed by atoms with Crippen molar-refractivity contribution in [1.29, 1.82) is 0 Å². The number of β-lactam (4-membered cyclic amide) rings is 1. The van der Waals surface area contributed by atoms with Gasteiger partial charge in [-0.1, -0.05) is 65.8 Å². The number of nitrogens with zero attached hydrogens (tertiary/aromatic N) is 1. The van der Waals surface area contributed by atoms with Crippen LogP contribution in [-0.4, -0.2) is 33.5 Å². The summed E-state index contributed by atoms with van der Waals surface area (Å²) in [6.07, 6.45) is -0.248. The molecule has 3 atom stereocenters. The summed E-state index contributed by atoms with van der Waals surface area (Å²) in [6, 6.07) is 22.9. The number of rotatable bonds is 10. The molecule has 0 radical (unpaired) electrons. The summed E-state index contributed by atoms with van der Waals surface area (Å²) in [5, 5.41) is -0.156. The average Bonchev–Trinajstić information content (AvgIpc) is 2.91. The molecule has 1 saturated heterocycles. The predicted molar refractivity (Wildman–Crippen MR) is 197 cm³/mol. The van der Waals surface area contributed by atoms with Crippen LogP contribution >= 0.6 is 34.4 Å². The molecule has 238 valence electrons. The topological polar surface area (TPSA) is 38.8 Å². The first kappa shape index (κ1) is 35.2. The summed E-state index contributed by atoms with van der Waals surface area (Å²) in [5.74, 6) is 1.29. The van der Waals surface area contributed by atoms with E-state index in [9.17, 15) is 9.18 Å². The molecule has 3 aromatic carbocycles. The molecular formula is C35H47FINO3SSi2. The van der Waals surface area contributed by atoms with Gasteiger partial charge < -0.3 is 13.8 Å². The molecule has 0 aromatic heterocycles. The molecule has 1 heterocycles. The number of carbonyl (C=O) groups is 1. The third-order valence-electron chi connectivity index (χ3n) is 9.46. The Morgan fingerprint density at radius 1 is 0.841 bits per heavy atom. The van der Waals surface area contributed by atoms with Crippen LogP contribution in [0.3, 0.4) is 0 Å². The minimum Gasteiger partial charge on any atom is -0.544 e. The van der Waals surface area contributed by atoms with Crippen LogP contribution in [0.5, 0.6) is 5.75 Å². The fraction of sp³-hybridized carbons (Fsp3) is 0.457. The van der Waals surface area contributed by atoms with E-state index < -0.39 is 16.6 Å². The third-order valence-corrected chi connectivity index (χ3v) is 20.3. The Balaban J connectivity index is 1.63. The number of carbonyl (C=O) groups excluding carboxylic acids is 1. The van der Waals surface area contributed by atoms with Crippen molar-refractivity contribution in [2.24, 2.45) is 0 Å². The lowest BCUT2D eigenvalue weighted by Gasteiger charge is -2.48. The van der Waals surface area contributed by atoms with Crippen LogP contribution in [0.4, 0.5) is 10.1 Å². The van der Waals surface area contributed by atoms with Crippen molar-refractivity contribution in [3.8, 4) is 5.75 Å². The van der Waals surface area contributed by atoms with Crippen LogP contribution in [0.25, 0.3) is 0 Å². The predicted octanol–water partition coefficient (Wildman–Crippen LogP) is 10.8. The standard InChI is InChI=1S/C35H47FINO3SSi2/c1-34(2,3)43(7,8)40-29-21-13-25(14-22-29)31-32(33(39)38(31)28-19-17-27(37)18-20-28)42-23-30(24-11-15-26(36)16-12-24)41-44(9,10)35(4,5)6/h11-22,30-32H,23H2,1-10H3/t30-,31+,32+/m0/s1. The Morgan fingerprint density at radius 3 is 1.91 bits per heavy atom. The minimum absolute atomic E-state index is 0.0145. The Bertz CT molecular complexity index is 1440. The summed E-state index contributed by atoms with van der Waals surface area (Å²) < 4.78 is 28.4. The van der Waals surface area contributed by atoms with Crippen molar-refractivity contribution in [1.82, 2.24) is 0 Å². The second-order valence-electron chi connectivity index (χ2n) is 14.7. The molecule has 0 aliphatic carbocycles. The maximum absolute atomic E-state index is 13.9. The Labute approximate surface area is 283 Å². The first-order chi connectivity index (χ1) is 20.3. The largest absolute Gasteiger partial charge is 0.544 e. The maximum Gasteiger partial charge on any atom is 0.250 e. The SMILES string of the molecule is CC(C)(C)[Si](C)(C)Oc1ccc([C@@H]2[C@@H](SC[C@H](O[Si](C)(C)C(C)(C)C)c3ccc(F)cc3)C(=O)N2c2ccc(I)cc2)cc1. The fourth-order valence-electron chi connectivity index (χ4n) is 4.62. The molecule has 0 unspecified atom stereocenters. The Hall–Kier alpha value is -1.67. The van der Waals surface area contributed by atoms with Crippen molar-refractivity contribution in [2.45, 2.75) is 95.2 Å². The van der Waals surface area contributed by atoms with Gasteiger partial charge in [-0.2, -0.15) is 0 Å². The van der Waals surface area contributed by atoms with Crippen LogP contribution in [0.2, 0.25) is 36.3 Å². The normalized spacial score (nSPS) is 18.6. The van der Waals surface area contributed by atoms with E-state index in [1.807, 2.05) is 53.4 Å². The molecule has 4 nitrogen and oxygen atoms in total. The summed E-state index contributed by atoms with van der Waals surface area (Å²) >= 11 is 3.93. The van der Waals surface area contributed by atoms with Gasteiger partial charge in [-0.15, -0.1) is 11.8 Å². The highest BCUT2D eigenvalue weighted by Crippen LogP contribution is 2.48. The van der Waals surface area contributed by atoms with Gasteiger partial charge in [-0.05, 0) is 119 Å². The lowest BCUT2D eigenvalue weighted by molar-refractivity contribution is -0.123. The van der Waals surface area contributed by atoms with E-state index in [-0.39, 0.29) is 39.2 Å². The number of anilines is 1.